The van der Waals surface area contributed by atoms with Crippen molar-refractivity contribution >= 4 is 10.0 Å². The molecule has 2 N–H and O–H groups in total. The van der Waals surface area contributed by atoms with E-state index in [0.29, 0.717) is 9.87 Å². The van der Waals surface area contributed by atoms with Crippen LogP contribution in [-0.2, 0) is 16.6 Å². The van der Waals surface area contributed by atoms with Crippen LogP contribution in [0.4, 0.5) is 13.2 Å². The van der Waals surface area contributed by atoms with E-state index in [1.807, 2.05) is 0 Å². The van der Waals surface area contributed by atoms with Gasteiger partial charge in [-0.25, -0.2) is 13.4 Å². The minimum Gasteiger partial charge on any atom is -0.326 e. The molecular weight excluding hydrogens is 283 g/mol. The average molecular weight is 297 g/mol. The minimum atomic E-state index is -4.60. The molecule has 0 spiro atoms. The number of hydrogen-bond acceptors (Lipinski definition) is 4. The number of sulfonamides is 1. The van der Waals surface area contributed by atoms with Crippen molar-refractivity contribution in [1.29, 1.82) is 0 Å². The largest absolute Gasteiger partial charge is 0.402 e. The second-order valence-electron chi connectivity index (χ2n) is 3.76. The van der Waals surface area contributed by atoms with Gasteiger partial charge >= 0.3 is 6.18 Å². The Balaban J connectivity index is 3.06. The molecule has 0 saturated carbocycles. The topological polar surface area (TPSA) is 76.3 Å². The first-order valence-corrected chi connectivity index (χ1v) is 6.86. The first-order chi connectivity index (χ1) is 8.70. The monoisotopic (exact) mass is 297 g/mol. The molecule has 1 heterocycles. The molecule has 1 rings (SSSR count). The summed E-state index contributed by atoms with van der Waals surface area (Å²) in [5.41, 5.74) is 5.92. The van der Waals surface area contributed by atoms with Crippen LogP contribution in [0.1, 0.15) is 12.5 Å². The fourth-order valence-electron chi connectivity index (χ4n) is 1.38. The normalized spacial score (nSPS) is 12.9. The highest BCUT2D eigenvalue weighted by atomic mass is 32.2. The second kappa shape index (κ2) is 5.85. The molecular formula is C10H14F3N3O2S. The summed E-state index contributed by atoms with van der Waals surface area (Å²) in [5, 5.41) is -0.421. The fourth-order valence-corrected chi connectivity index (χ4v) is 2.73. The highest BCUT2D eigenvalue weighted by Gasteiger charge is 2.36. The number of nitrogens with zero attached hydrogens (tertiary/aromatic N) is 2. The first-order valence-electron chi connectivity index (χ1n) is 5.42. The second-order valence-corrected chi connectivity index (χ2v) is 5.64. The molecule has 0 aliphatic heterocycles. The van der Waals surface area contributed by atoms with Crippen molar-refractivity contribution in [2.45, 2.75) is 24.7 Å². The predicted octanol–water partition coefficient (Wildman–Crippen LogP) is 1.11. The standard InChI is InChI=1S/C10H14F3N3O2S/c1-2-16(7-10(11,12)13)19(17,18)9-4-3-8(5-14)6-15-9/h3-4,6H,2,5,7,14H2,1H3. The van der Waals surface area contributed by atoms with E-state index in [2.05, 4.69) is 4.98 Å². The van der Waals surface area contributed by atoms with Gasteiger partial charge in [-0.1, -0.05) is 13.0 Å². The molecule has 0 radical (unpaired) electrons. The lowest BCUT2D eigenvalue weighted by molar-refractivity contribution is -0.135. The summed E-state index contributed by atoms with van der Waals surface area (Å²) in [5.74, 6) is 0. The highest BCUT2D eigenvalue weighted by molar-refractivity contribution is 7.89. The Labute approximate surface area is 109 Å². The maximum atomic E-state index is 12.3. The Kier molecular flexibility index (Phi) is 4.88. The summed E-state index contributed by atoms with van der Waals surface area (Å²) in [6.45, 7) is -0.320. The average Bonchev–Trinajstić information content (AvgIpc) is 2.34. The Hall–Kier alpha value is -1.19. The van der Waals surface area contributed by atoms with Gasteiger partial charge in [0.1, 0.15) is 6.54 Å². The van der Waals surface area contributed by atoms with E-state index >= 15 is 0 Å². The van der Waals surface area contributed by atoms with E-state index in [1.165, 1.54) is 19.2 Å². The van der Waals surface area contributed by atoms with Gasteiger partial charge in [-0.05, 0) is 11.6 Å². The predicted molar refractivity (Wildman–Crippen MR) is 62.6 cm³/mol. The summed E-state index contributed by atoms with van der Waals surface area (Å²) in [6, 6.07) is 2.57. The van der Waals surface area contributed by atoms with Crippen LogP contribution in [0.3, 0.4) is 0 Å². The minimum absolute atomic E-state index is 0.174. The van der Waals surface area contributed by atoms with Crippen molar-refractivity contribution in [2.75, 3.05) is 13.1 Å². The third kappa shape index (κ3) is 4.15. The fraction of sp³-hybridized carbons (Fsp3) is 0.500. The van der Waals surface area contributed by atoms with E-state index in [1.54, 1.807) is 0 Å². The van der Waals surface area contributed by atoms with Gasteiger partial charge in [0, 0.05) is 19.3 Å². The first kappa shape index (κ1) is 15.9. The van der Waals surface area contributed by atoms with Gasteiger partial charge in [-0.2, -0.15) is 17.5 Å². The van der Waals surface area contributed by atoms with Crippen LogP contribution in [-0.4, -0.2) is 37.0 Å². The summed E-state index contributed by atoms with van der Waals surface area (Å²) in [4.78, 5) is 3.64. The summed E-state index contributed by atoms with van der Waals surface area (Å²) in [7, 11) is -4.25. The van der Waals surface area contributed by atoms with Crippen molar-refractivity contribution in [3.8, 4) is 0 Å². The number of aromatic nitrogens is 1. The lowest BCUT2D eigenvalue weighted by Gasteiger charge is -2.21. The highest BCUT2D eigenvalue weighted by Crippen LogP contribution is 2.21. The van der Waals surface area contributed by atoms with Crippen molar-refractivity contribution in [3.05, 3.63) is 23.9 Å². The van der Waals surface area contributed by atoms with E-state index in [4.69, 9.17) is 5.73 Å². The molecule has 5 nitrogen and oxygen atoms in total. The zero-order valence-electron chi connectivity index (χ0n) is 10.2. The van der Waals surface area contributed by atoms with E-state index in [-0.39, 0.29) is 13.1 Å². The number of hydrogen-bond donors (Lipinski definition) is 1. The molecule has 19 heavy (non-hydrogen) atoms. The van der Waals surface area contributed by atoms with Crippen LogP contribution in [0.25, 0.3) is 0 Å². The van der Waals surface area contributed by atoms with Crippen LogP contribution in [0.5, 0.6) is 0 Å². The third-order valence-electron chi connectivity index (χ3n) is 2.35. The smallest absolute Gasteiger partial charge is 0.326 e. The van der Waals surface area contributed by atoms with Crippen molar-refractivity contribution in [1.82, 2.24) is 9.29 Å². The van der Waals surface area contributed by atoms with Crippen LogP contribution in [0.15, 0.2) is 23.4 Å². The lowest BCUT2D eigenvalue weighted by atomic mass is 10.3. The molecule has 0 fully saturated rings. The van der Waals surface area contributed by atoms with Crippen LogP contribution < -0.4 is 5.73 Å². The van der Waals surface area contributed by atoms with Crippen LogP contribution >= 0.6 is 0 Å². The molecule has 0 bridgehead atoms. The Morgan fingerprint density at radius 1 is 1.37 bits per heavy atom. The van der Waals surface area contributed by atoms with Gasteiger partial charge in [0.25, 0.3) is 10.0 Å². The molecule has 0 atom stereocenters. The number of pyridine rings is 1. The van der Waals surface area contributed by atoms with Crippen molar-refractivity contribution in [2.24, 2.45) is 5.73 Å². The Bertz CT molecular complexity index is 514. The molecule has 0 amide bonds. The summed E-state index contributed by atoms with van der Waals surface area (Å²) >= 11 is 0. The van der Waals surface area contributed by atoms with E-state index < -0.39 is 27.8 Å². The van der Waals surface area contributed by atoms with Crippen molar-refractivity contribution < 1.29 is 21.6 Å². The summed E-state index contributed by atoms with van der Waals surface area (Å²) < 4.78 is 61.2. The van der Waals surface area contributed by atoms with Crippen LogP contribution in [0, 0.1) is 0 Å². The van der Waals surface area contributed by atoms with E-state index in [9.17, 15) is 21.6 Å². The molecule has 0 aromatic carbocycles. The quantitative estimate of drug-likeness (QED) is 0.883. The number of halogens is 3. The number of rotatable bonds is 5. The molecule has 108 valence electrons. The number of alkyl halides is 3. The lowest BCUT2D eigenvalue weighted by Crippen LogP contribution is -2.39. The SMILES string of the molecule is CCN(CC(F)(F)F)S(=O)(=O)c1ccc(CN)cn1. The Morgan fingerprint density at radius 2 is 2.00 bits per heavy atom. The zero-order chi connectivity index (χ0) is 14.7. The van der Waals surface area contributed by atoms with Gasteiger partial charge in [-0.3, -0.25) is 0 Å². The zero-order valence-corrected chi connectivity index (χ0v) is 11.0. The maximum absolute atomic E-state index is 12.3. The Morgan fingerprint density at radius 3 is 2.37 bits per heavy atom. The van der Waals surface area contributed by atoms with Gasteiger partial charge < -0.3 is 5.73 Å². The molecule has 0 aliphatic rings. The van der Waals surface area contributed by atoms with Gasteiger partial charge in [0.05, 0.1) is 0 Å². The van der Waals surface area contributed by atoms with Gasteiger partial charge in [0.2, 0.25) is 0 Å². The van der Waals surface area contributed by atoms with Gasteiger partial charge in [-0.15, -0.1) is 0 Å². The molecule has 0 aliphatic carbocycles. The molecule has 9 heteroatoms. The maximum Gasteiger partial charge on any atom is 0.402 e. The van der Waals surface area contributed by atoms with Crippen molar-refractivity contribution in [3.63, 3.8) is 0 Å². The molecule has 0 unspecified atom stereocenters. The summed E-state index contributed by atoms with van der Waals surface area (Å²) in [6.07, 6.45) is -3.37. The molecule has 1 aromatic rings. The van der Waals surface area contributed by atoms with Crippen LogP contribution in [0.2, 0.25) is 0 Å². The third-order valence-corrected chi connectivity index (χ3v) is 4.18. The van der Waals surface area contributed by atoms with E-state index in [0.717, 1.165) is 6.07 Å². The number of nitrogens with two attached hydrogens (primary N) is 1. The van der Waals surface area contributed by atoms with Gasteiger partial charge in [0.15, 0.2) is 5.03 Å². The molecule has 0 saturated heterocycles. The molecule has 1 aromatic heterocycles.